The molecule has 24 heavy (non-hydrogen) atoms. The molecular weight excluding hydrogens is 325 g/mol. The highest BCUT2D eigenvalue weighted by molar-refractivity contribution is 5.73. The molecule has 132 valence electrons. The number of halogens is 3. The van der Waals surface area contributed by atoms with Crippen LogP contribution in [0.4, 0.5) is 19.0 Å². The van der Waals surface area contributed by atoms with Crippen LogP contribution in [0.3, 0.4) is 0 Å². The molecule has 0 amide bonds. The van der Waals surface area contributed by atoms with E-state index < -0.39 is 12.1 Å². The zero-order valence-electron chi connectivity index (χ0n) is 13.4. The van der Waals surface area contributed by atoms with Crippen molar-refractivity contribution in [3.63, 3.8) is 0 Å². The summed E-state index contributed by atoms with van der Waals surface area (Å²) in [6, 6.07) is 6.50. The van der Waals surface area contributed by atoms with Gasteiger partial charge in [0, 0.05) is 13.1 Å². The lowest BCUT2D eigenvalue weighted by Gasteiger charge is -2.32. The smallest absolute Gasteiger partial charge is 0.475 e. The first kappa shape index (κ1) is 19.7. The minimum Gasteiger partial charge on any atom is -0.475 e. The lowest BCUT2D eigenvalue weighted by molar-refractivity contribution is -0.192. The average Bonchev–Trinajstić information content (AvgIpc) is 2.54. The standard InChI is InChI=1S/C13H18N4.C2HF3O2/c1-10-11(9-14)3-4-13(16-10)17(2)12-5-7-15-8-6-12;3-2(4,5)1(6)7/h3-4,12,15H,5-8H2,1-2H3;(H,6,7). The number of nitrogens with one attached hydrogen (secondary N) is 1. The van der Waals surface area contributed by atoms with E-state index in [1.54, 1.807) is 0 Å². The number of anilines is 1. The van der Waals surface area contributed by atoms with Crippen molar-refractivity contribution in [1.82, 2.24) is 10.3 Å². The number of piperidine rings is 1. The van der Waals surface area contributed by atoms with Crippen LogP contribution in [0.25, 0.3) is 0 Å². The lowest BCUT2D eigenvalue weighted by Crippen LogP contribution is -2.41. The zero-order valence-corrected chi connectivity index (χ0v) is 13.4. The van der Waals surface area contributed by atoms with Gasteiger partial charge in [0.05, 0.1) is 11.3 Å². The molecule has 1 aromatic heterocycles. The maximum atomic E-state index is 10.6. The van der Waals surface area contributed by atoms with Gasteiger partial charge in [-0.1, -0.05) is 0 Å². The Labute approximate surface area is 137 Å². The molecule has 1 aromatic rings. The quantitative estimate of drug-likeness (QED) is 0.854. The Morgan fingerprint density at radius 3 is 2.38 bits per heavy atom. The number of alkyl halides is 3. The SMILES string of the molecule is Cc1nc(N(C)C2CCNCC2)ccc1C#N.O=C(O)C(F)(F)F. The molecule has 6 nitrogen and oxygen atoms in total. The van der Waals surface area contributed by atoms with Gasteiger partial charge in [0.15, 0.2) is 0 Å². The molecule has 0 atom stereocenters. The van der Waals surface area contributed by atoms with Crippen LogP contribution in [-0.2, 0) is 4.79 Å². The van der Waals surface area contributed by atoms with Gasteiger partial charge in [0.2, 0.25) is 0 Å². The third-order valence-electron chi connectivity index (χ3n) is 3.65. The van der Waals surface area contributed by atoms with Crippen LogP contribution in [-0.4, -0.2) is 48.4 Å². The van der Waals surface area contributed by atoms with Crippen LogP contribution in [0, 0.1) is 18.3 Å². The molecule has 2 rings (SSSR count). The maximum Gasteiger partial charge on any atom is 0.490 e. The van der Waals surface area contributed by atoms with E-state index in [0.717, 1.165) is 37.4 Å². The Kier molecular flexibility index (Phi) is 6.97. The number of aryl methyl sites for hydroxylation is 1. The summed E-state index contributed by atoms with van der Waals surface area (Å²) in [5.41, 5.74) is 1.47. The Bertz CT molecular complexity index is 608. The van der Waals surface area contributed by atoms with Crippen molar-refractivity contribution in [2.75, 3.05) is 25.0 Å². The molecule has 0 unspecified atom stereocenters. The normalized spacial score (nSPS) is 15.0. The van der Waals surface area contributed by atoms with Gasteiger partial charge < -0.3 is 15.3 Å². The van der Waals surface area contributed by atoms with Crippen molar-refractivity contribution in [2.24, 2.45) is 0 Å². The highest BCUT2D eigenvalue weighted by Gasteiger charge is 2.38. The number of hydrogen-bond donors (Lipinski definition) is 2. The molecule has 0 bridgehead atoms. The number of aromatic nitrogens is 1. The topological polar surface area (TPSA) is 89.3 Å². The van der Waals surface area contributed by atoms with Gasteiger partial charge in [-0.2, -0.15) is 18.4 Å². The van der Waals surface area contributed by atoms with Crippen molar-refractivity contribution in [3.05, 3.63) is 23.4 Å². The third kappa shape index (κ3) is 5.70. The first-order valence-electron chi connectivity index (χ1n) is 7.28. The fourth-order valence-electron chi connectivity index (χ4n) is 2.24. The van der Waals surface area contributed by atoms with E-state index in [9.17, 15) is 13.2 Å². The molecule has 2 heterocycles. The van der Waals surface area contributed by atoms with E-state index >= 15 is 0 Å². The molecule has 1 aliphatic rings. The van der Waals surface area contributed by atoms with Crippen LogP contribution in [0.1, 0.15) is 24.1 Å². The molecule has 0 radical (unpaired) electrons. The van der Waals surface area contributed by atoms with Crippen molar-refractivity contribution >= 4 is 11.8 Å². The first-order chi connectivity index (χ1) is 11.2. The van der Waals surface area contributed by atoms with Gasteiger partial charge in [-0.15, -0.1) is 0 Å². The number of nitrogens with zero attached hydrogens (tertiary/aromatic N) is 3. The fraction of sp³-hybridized carbons (Fsp3) is 0.533. The number of hydrogen-bond acceptors (Lipinski definition) is 5. The second kappa shape index (κ2) is 8.49. The fourth-order valence-corrected chi connectivity index (χ4v) is 2.24. The predicted molar refractivity (Wildman–Crippen MR) is 81.7 cm³/mol. The van der Waals surface area contributed by atoms with Gasteiger partial charge in [-0.05, 0) is 45.0 Å². The van der Waals surface area contributed by atoms with E-state index in [-0.39, 0.29) is 0 Å². The van der Waals surface area contributed by atoms with Crippen LogP contribution in [0.5, 0.6) is 0 Å². The summed E-state index contributed by atoms with van der Waals surface area (Å²) in [5.74, 6) is -1.79. The number of aliphatic carboxylic acids is 1. The molecule has 0 spiro atoms. The van der Waals surface area contributed by atoms with Crippen LogP contribution >= 0.6 is 0 Å². The minimum atomic E-state index is -5.08. The van der Waals surface area contributed by atoms with Gasteiger partial charge in [0.1, 0.15) is 11.9 Å². The van der Waals surface area contributed by atoms with Crippen LogP contribution < -0.4 is 10.2 Å². The average molecular weight is 344 g/mol. The highest BCUT2D eigenvalue weighted by atomic mass is 19.4. The Morgan fingerprint density at radius 1 is 1.42 bits per heavy atom. The number of rotatable bonds is 2. The summed E-state index contributed by atoms with van der Waals surface area (Å²) in [6.45, 7) is 4.03. The molecule has 1 fully saturated rings. The second-order valence-electron chi connectivity index (χ2n) is 5.31. The van der Waals surface area contributed by atoms with Crippen LogP contribution in [0.2, 0.25) is 0 Å². The van der Waals surface area contributed by atoms with Crippen molar-refractivity contribution in [2.45, 2.75) is 32.0 Å². The van der Waals surface area contributed by atoms with E-state index in [4.69, 9.17) is 15.2 Å². The minimum absolute atomic E-state index is 0.552. The summed E-state index contributed by atoms with van der Waals surface area (Å²) in [6.07, 6.45) is -2.78. The van der Waals surface area contributed by atoms with Gasteiger partial charge >= 0.3 is 12.1 Å². The number of carboxylic acids is 1. The van der Waals surface area contributed by atoms with Crippen molar-refractivity contribution < 1.29 is 23.1 Å². The largest absolute Gasteiger partial charge is 0.490 e. The summed E-state index contributed by atoms with van der Waals surface area (Å²) in [7, 11) is 2.09. The summed E-state index contributed by atoms with van der Waals surface area (Å²) in [4.78, 5) is 15.6. The predicted octanol–water partition coefficient (Wildman–Crippen LogP) is 2.08. The Hall–Kier alpha value is -2.34. The summed E-state index contributed by atoms with van der Waals surface area (Å²) in [5, 5.41) is 19.4. The summed E-state index contributed by atoms with van der Waals surface area (Å²) >= 11 is 0. The highest BCUT2D eigenvalue weighted by Crippen LogP contribution is 2.19. The van der Waals surface area contributed by atoms with Gasteiger partial charge in [-0.25, -0.2) is 9.78 Å². The monoisotopic (exact) mass is 344 g/mol. The Morgan fingerprint density at radius 2 is 1.96 bits per heavy atom. The number of carboxylic acid groups (broad SMARTS) is 1. The molecular formula is C15H19F3N4O2. The number of nitriles is 1. The summed E-state index contributed by atoms with van der Waals surface area (Å²) < 4.78 is 31.7. The molecule has 2 N–H and O–H groups in total. The van der Waals surface area contributed by atoms with Crippen molar-refractivity contribution in [1.29, 1.82) is 5.26 Å². The molecule has 1 saturated heterocycles. The Balaban J connectivity index is 0.000000351. The molecule has 0 saturated carbocycles. The molecule has 9 heteroatoms. The molecule has 1 aliphatic heterocycles. The zero-order chi connectivity index (χ0) is 18.3. The van der Waals surface area contributed by atoms with Crippen molar-refractivity contribution in [3.8, 4) is 6.07 Å². The van der Waals surface area contributed by atoms with E-state index in [1.807, 2.05) is 19.1 Å². The van der Waals surface area contributed by atoms with E-state index in [0.29, 0.717) is 11.6 Å². The maximum absolute atomic E-state index is 10.6. The first-order valence-corrected chi connectivity index (χ1v) is 7.28. The van der Waals surface area contributed by atoms with E-state index in [1.165, 1.54) is 0 Å². The van der Waals surface area contributed by atoms with Crippen LogP contribution in [0.15, 0.2) is 12.1 Å². The lowest BCUT2D eigenvalue weighted by atomic mass is 10.1. The number of carbonyl (C=O) groups is 1. The van der Waals surface area contributed by atoms with Gasteiger partial charge in [-0.3, -0.25) is 0 Å². The molecule has 0 aliphatic carbocycles. The second-order valence-corrected chi connectivity index (χ2v) is 5.31. The third-order valence-corrected chi connectivity index (χ3v) is 3.65. The molecule has 0 aromatic carbocycles. The number of pyridine rings is 1. The van der Waals surface area contributed by atoms with E-state index in [2.05, 4.69) is 28.3 Å². The van der Waals surface area contributed by atoms with Gasteiger partial charge in [0.25, 0.3) is 0 Å².